The van der Waals surface area contributed by atoms with E-state index in [0.717, 1.165) is 33.5 Å². The topological polar surface area (TPSA) is 121 Å². The fraction of sp³-hybridized carbons (Fsp3) is 0.214. The number of H-pyrrole nitrogens is 1. The summed E-state index contributed by atoms with van der Waals surface area (Å²) < 4.78 is 15.5. The van der Waals surface area contributed by atoms with Gasteiger partial charge in [-0.3, -0.25) is 0 Å². The van der Waals surface area contributed by atoms with Gasteiger partial charge >= 0.3 is 5.97 Å². The predicted molar refractivity (Wildman–Crippen MR) is 144 cm³/mol. The molecule has 0 saturated carbocycles. The summed E-state index contributed by atoms with van der Waals surface area (Å²) in [5, 5.41) is 24.6. The van der Waals surface area contributed by atoms with Gasteiger partial charge in [0.1, 0.15) is 17.6 Å². The second kappa shape index (κ2) is 10.7. The number of hydrogen-bond acceptors (Lipinski definition) is 6. The molecule has 0 radical (unpaired) electrons. The number of aryl methyl sites for hydroxylation is 2. The summed E-state index contributed by atoms with van der Waals surface area (Å²) in [7, 11) is 0. The van der Waals surface area contributed by atoms with Crippen LogP contribution in [-0.4, -0.2) is 42.1 Å². The fourth-order valence-electron chi connectivity index (χ4n) is 4.41. The number of carboxylic acids is 1. The first-order chi connectivity index (χ1) is 18.4. The van der Waals surface area contributed by atoms with E-state index in [1.54, 1.807) is 11.6 Å². The molecule has 4 N–H and O–H groups in total. The molecule has 0 fully saturated rings. The Hall–Kier alpha value is -4.73. The Kier molecular flexibility index (Phi) is 7.03. The minimum absolute atomic E-state index is 0.264. The maximum Gasteiger partial charge on any atom is 0.326 e. The number of anilines is 2. The highest BCUT2D eigenvalue weighted by Crippen LogP contribution is 2.25. The highest BCUT2D eigenvalue weighted by atomic mass is 19.1. The molecule has 194 valence electrons. The van der Waals surface area contributed by atoms with Gasteiger partial charge in [-0.2, -0.15) is 0 Å². The SMILES string of the molecule is CCc1cc(F)cc(C)c1NC(Cc1ccc(-n2cc(CNc3nc4ccccc4[nH]3)nn2)cc1)C(=O)O. The number of fused-ring (bicyclic) bond motifs is 1. The fourth-order valence-corrected chi connectivity index (χ4v) is 4.41. The summed E-state index contributed by atoms with van der Waals surface area (Å²) in [4.78, 5) is 19.7. The molecule has 9 nitrogen and oxygen atoms in total. The number of aromatic nitrogens is 5. The van der Waals surface area contributed by atoms with Crippen LogP contribution < -0.4 is 10.6 Å². The maximum atomic E-state index is 13.8. The van der Waals surface area contributed by atoms with Crippen molar-refractivity contribution < 1.29 is 14.3 Å². The van der Waals surface area contributed by atoms with E-state index in [-0.39, 0.29) is 12.2 Å². The van der Waals surface area contributed by atoms with E-state index in [4.69, 9.17) is 0 Å². The number of aromatic amines is 1. The molecule has 2 heterocycles. The van der Waals surface area contributed by atoms with Crippen LogP contribution in [-0.2, 0) is 24.2 Å². The van der Waals surface area contributed by atoms with E-state index in [0.29, 0.717) is 30.2 Å². The van der Waals surface area contributed by atoms with E-state index in [2.05, 4.69) is 30.9 Å². The Bertz CT molecular complexity index is 1540. The van der Waals surface area contributed by atoms with Crippen LogP contribution in [0.2, 0.25) is 0 Å². The number of carbonyl (C=O) groups is 1. The zero-order chi connectivity index (χ0) is 26.6. The predicted octanol–water partition coefficient (Wildman–Crippen LogP) is 4.87. The molecule has 0 aliphatic heterocycles. The number of halogens is 1. The normalized spacial score (nSPS) is 12.0. The summed E-state index contributed by atoms with van der Waals surface area (Å²) in [5.41, 5.74) is 6.34. The van der Waals surface area contributed by atoms with Gasteiger partial charge in [-0.15, -0.1) is 5.10 Å². The molecule has 2 aromatic heterocycles. The van der Waals surface area contributed by atoms with Crippen LogP contribution in [0.3, 0.4) is 0 Å². The molecular weight excluding hydrogens is 485 g/mol. The average Bonchev–Trinajstić information content (AvgIpc) is 3.55. The third-order valence-corrected chi connectivity index (χ3v) is 6.39. The van der Waals surface area contributed by atoms with Crippen LogP contribution >= 0.6 is 0 Å². The monoisotopic (exact) mass is 513 g/mol. The number of imidazole rings is 1. The van der Waals surface area contributed by atoms with Crippen molar-refractivity contribution in [3.63, 3.8) is 0 Å². The van der Waals surface area contributed by atoms with Crippen molar-refractivity contribution in [3.8, 4) is 5.69 Å². The minimum atomic E-state index is -0.974. The number of para-hydroxylation sites is 2. The van der Waals surface area contributed by atoms with Gasteiger partial charge < -0.3 is 20.7 Å². The van der Waals surface area contributed by atoms with E-state index < -0.39 is 12.0 Å². The number of hydrogen-bond donors (Lipinski definition) is 4. The Morgan fingerprint density at radius 2 is 1.95 bits per heavy atom. The number of nitrogens with one attached hydrogen (secondary N) is 3. The molecule has 38 heavy (non-hydrogen) atoms. The molecule has 5 rings (SSSR count). The van der Waals surface area contributed by atoms with Crippen LogP contribution in [0.25, 0.3) is 16.7 Å². The number of benzene rings is 3. The Morgan fingerprint density at radius 1 is 1.16 bits per heavy atom. The third-order valence-electron chi connectivity index (χ3n) is 6.39. The molecule has 0 saturated heterocycles. The molecular formula is C28H28FN7O2. The second-order valence-corrected chi connectivity index (χ2v) is 9.13. The Morgan fingerprint density at radius 3 is 2.68 bits per heavy atom. The maximum absolute atomic E-state index is 13.8. The molecule has 0 amide bonds. The van der Waals surface area contributed by atoms with Crippen LogP contribution in [0.1, 0.15) is 29.3 Å². The zero-order valence-electron chi connectivity index (χ0n) is 21.1. The van der Waals surface area contributed by atoms with Gasteiger partial charge in [-0.05, 0) is 66.4 Å². The lowest BCUT2D eigenvalue weighted by Crippen LogP contribution is -2.32. The van der Waals surface area contributed by atoms with Gasteiger partial charge in [-0.25, -0.2) is 18.9 Å². The highest BCUT2D eigenvalue weighted by Gasteiger charge is 2.20. The van der Waals surface area contributed by atoms with Crippen LogP contribution in [0.4, 0.5) is 16.0 Å². The van der Waals surface area contributed by atoms with Gasteiger partial charge in [0.2, 0.25) is 5.95 Å². The van der Waals surface area contributed by atoms with E-state index >= 15 is 0 Å². The highest BCUT2D eigenvalue weighted by molar-refractivity contribution is 5.79. The van der Waals surface area contributed by atoms with Gasteiger partial charge in [0.05, 0.1) is 29.5 Å². The van der Waals surface area contributed by atoms with Crippen molar-refractivity contribution in [3.05, 3.63) is 95.1 Å². The first kappa shape index (κ1) is 24.9. The van der Waals surface area contributed by atoms with E-state index in [1.165, 1.54) is 12.1 Å². The third kappa shape index (κ3) is 5.49. The van der Waals surface area contributed by atoms with Crippen molar-refractivity contribution in [2.24, 2.45) is 0 Å². The van der Waals surface area contributed by atoms with Gasteiger partial charge in [0, 0.05) is 12.1 Å². The lowest BCUT2D eigenvalue weighted by atomic mass is 10.0. The van der Waals surface area contributed by atoms with Crippen molar-refractivity contribution >= 4 is 28.6 Å². The summed E-state index contributed by atoms with van der Waals surface area (Å²) in [6.45, 7) is 4.14. The second-order valence-electron chi connectivity index (χ2n) is 9.13. The summed E-state index contributed by atoms with van der Waals surface area (Å²) in [6, 6.07) is 17.3. The van der Waals surface area contributed by atoms with Crippen LogP contribution in [0.5, 0.6) is 0 Å². The van der Waals surface area contributed by atoms with Gasteiger partial charge in [0.15, 0.2) is 0 Å². The summed E-state index contributed by atoms with van der Waals surface area (Å²) in [6.07, 6.45) is 2.69. The molecule has 0 aliphatic rings. The van der Waals surface area contributed by atoms with Crippen molar-refractivity contribution in [2.45, 2.75) is 39.3 Å². The molecule has 10 heteroatoms. The van der Waals surface area contributed by atoms with Crippen molar-refractivity contribution in [2.75, 3.05) is 10.6 Å². The van der Waals surface area contributed by atoms with Crippen LogP contribution in [0.15, 0.2) is 66.9 Å². The van der Waals surface area contributed by atoms with Crippen molar-refractivity contribution in [1.29, 1.82) is 0 Å². The number of nitrogens with zero attached hydrogens (tertiary/aromatic N) is 4. The number of carboxylic acid groups (broad SMARTS) is 1. The van der Waals surface area contributed by atoms with E-state index in [9.17, 15) is 14.3 Å². The first-order valence-corrected chi connectivity index (χ1v) is 12.4. The van der Waals surface area contributed by atoms with E-state index in [1.807, 2.05) is 61.7 Å². The van der Waals surface area contributed by atoms with Crippen molar-refractivity contribution in [1.82, 2.24) is 25.0 Å². The quantitative estimate of drug-likeness (QED) is 0.210. The Balaban J connectivity index is 1.24. The first-order valence-electron chi connectivity index (χ1n) is 12.4. The largest absolute Gasteiger partial charge is 0.480 e. The summed E-state index contributed by atoms with van der Waals surface area (Å²) >= 11 is 0. The van der Waals surface area contributed by atoms with Crippen LogP contribution in [0, 0.1) is 12.7 Å². The molecule has 5 aromatic rings. The molecule has 3 aromatic carbocycles. The standard InChI is InChI=1S/C28H28FN7O2/c1-3-19-14-20(29)12-17(2)26(19)31-25(27(37)38)13-18-8-10-22(11-9-18)36-16-21(34-35-36)15-30-28-32-23-6-4-5-7-24(23)33-28/h4-12,14,16,25,31H,3,13,15H2,1-2H3,(H,37,38)(H2,30,32,33). The number of rotatable bonds is 10. The van der Waals surface area contributed by atoms with Gasteiger partial charge in [-0.1, -0.05) is 36.4 Å². The molecule has 1 atom stereocenters. The lowest BCUT2D eigenvalue weighted by molar-refractivity contribution is -0.137. The number of aliphatic carboxylic acids is 1. The molecule has 0 bridgehead atoms. The minimum Gasteiger partial charge on any atom is -0.480 e. The lowest BCUT2D eigenvalue weighted by Gasteiger charge is -2.20. The Labute approximate surface area is 218 Å². The molecule has 1 unspecified atom stereocenters. The zero-order valence-corrected chi connectivity index (χ0v) is 21.1. The molecule has 0 aliphatic carbocycles. The average molecular weight is 514 g/mol. The molecule has 0 spiro atoms. The smallest absolute Gasteiger partial charge is 0.326 e. The van der Waals surface area contributed by atoms with Gasteiger partial charge in [0.25, 0.3) is 0 Å². The summed E-state index contributed by atoms with van der Waals surface area (Å²) in [5.74, 6) is -0.639.